The van der Waals surface area contributed by atoms with Gasteiger partial charge in [0.25, 0.3) is 6.71 Å². The molecule has 0 saturated carbocycles. The average Bonchev–Trinajstić information content (AvgIpc) is 4.09. The highest BCUT2D eigenvalue weighted by molar-refractivity contribution is 6.98. The van der Waals surface area contributed by atoms with E-state index < -0.39 is 0 Å². The van der Waals surface area contributed by atoms with Crippen molar-refractivity contribution < 1.29 is 9.47 Å². The Kier molecular flexibility index (Phi) is 5.12. The Morgan fingerprint density at radius 1 is 0.333 bits per heavy atom. The van der Waals surface area contributed by atoms with Crippen LogP contribution in [0.5, 0.6) is 23.0 Å². The molecule has 5 aromatic heterocycles. The first-order chi connectivity index (χ1) is 29.8. The third-order valence-corrected chi connectivity index (χ3v) is 14.0. The van der Waals surface area contributed by atoms with E-state index in [1.807, 2.05) is 0 Å². The van der Waals surface area contributed by atoms with E-state index in [4.69, 9.17) is 9.47 Å². The minimum atomic E-state index is -0.132. The Bertz CT molecular complexity index is 4000. The smallest absolute Gasteiger partial charge is 0.260 e. The lowest BCUT2D eigenvalue weighted by atomic mass is 9.34. The summed E-state index contributed by atoms with van der Waals surface area (Å²) in [7, 11) is 0. The first-order valence-electron chi connectivity index (χ1n) is 20.7. The minimum absolute atomic E-state index is 0.132. The van der Waals surface area contributed by atoms with E-state index in [0.29, 0.717) is 0 Å². The molecule has 274 valence electrons. The quantitative estimate of drug-likeness (QED) is 0.156. The number of nitrogens with zero attached hydrogens (tertiary/aromatic N) is 3. The molecule has 6 heteroatoms. The number of hydrogen-bond acceptors (Lipinski definition) is 2. The highest BCUT2D eigenvalue weighted by Crippen LogP contribution is 2.48. The minimum Gasteiger partial charge on any atom is -0.456 e. The molecule has 0 amide bonds. The van der Waals surface area contributed by atoms with Crippen molar-refractivity contribution in [2.75, 3.05) is 0 Å². The number of fused-ring (bicyclic) bond motifs is 21. The van der Waals surface area contributed by atoms with Gasteiger partial charge in [0.15, 0.2) is 0 Å². The summed E-state index contributed by atoms with van der Waals surface area (Å²) in [6.45, 7) is -0.132. The molecule has 0 N–H and O–H groups in total. The summed E-state index contributed by atoms with van der Waals surface area (Å²) < 4.78 is 22.2. The van der Waals surface area contributed by atoms with E-state index >= 15 is 0 Å². The lowest BCUT2D eigenvalue weighted by molar-refractivity contribution is 0.468. The first kappa shape index (κ1) is 30.2. The van der Waals surface area contributed by atoms with Crippen LogP contribution in [-0.4, -0.2) is 20.1 Å². The predicted molar refractivity (Wildman–Crippen MR) is 248 cm³/mol. The highest BCUT2D eigenvalue weighted by atomic mass is 16.5. The van der Waals surface area contributed by atoms with E-state index in [0.717, 1.165) is 67.1 Å². The van der Waals surface area contributed by atoms with E-state index in [1.165, 1.54) is 75.9 Å². The molecule has 0 aliphatic carbocycles. The molecular formula is C54H28BN3O2. The van der Waals surface area contributed by atoms with Gasteiger partial charge in [0.05, 0.1) is 49.8 Å². The molecule has 0 atom stereocenters. The zero-order chi connectivity index (χ0) is 38.5. The third kappa shape index (κ3) is 3.33. The molecule has 9 aromatic carbocycles. The SMILES string of the molecule is c1ccc2c(c1)c1ccccc1n2-c1cc2c3c(c1)Oc1c(ccc4c5cccc6c7ccccc7n(c14)c65)B3c1ccc3c4cccc5c6ccccc6n(c3c1O2)c54. The predicted octanol–water partition coefficient (Wildman–Crippen LogP) is 11.8. The van der Waals surface area contributed by atoms with Crippen molar-refractivity contribution in [3.63, 3.8) is 0 Å². The number of para-hydroxylation sites is 6. The third-order valence-electron chi connectivity index (χ3n) is 14.0. The maximum absolute atomic E-state index is 7.44. The molecule has 0 saturated heterocycles. The molecule has 0 radical (unpaired) electrons. The average molecular weight is 762 g/mol. The van der Waals surface area contributed by atoms with E-state index in [9.17, 15) is 0 Å². The number of ether oxygens (including phenoxy) is 2. The Labute approximate surface area is 341 Å². The molecule has 5 nitrogen and oxygen atoms in total. The molecule has 0 spiro atoms. The maximum Gasteiger partial charge on any atom is 0.260 e. The summed E-state index contributed by atoms with van der Waals surface area (Å²) in [5.41, 5.74) is 13.7. The zero-order valence-corrected chi connectivity index (χ0v) is 31.9. The highest BCUT2D eigenvalue weighted by Gasteiger charge is 2.43. The Balaban J connectivity index is 1.07. The van der Waals surface area contributed by atoms with Gasteiger partial charge in [0.2, 0.25) is 0 Å². The maximum atomic E-state index is 7.44. The van der Waals surface area contributed by atoms with Gasteiger partial charge in [-0.05, 0) is 35.2 Å². The van der Waals surface area contributed by atoms with Crippen LogP contribution in [0.4, 0.5) is 0 Å². The zero-order valence-electron chi connectivity index (χ0n) is 31.9. The van der Waals surface area contributed by atoms with Crippen molar-refractivity contribution in [2.45, 2.75) is 0 Å². The van der Waals surface area contributed by atoms with Gasteiger partial charge in [-0.1, -0.05) is 133 Å². The van der Waals surface area contributed by atoms with Gasteiger partial charge in [0, 0.05) is 71.5 Å². The van der Waals surface area contributed by atoms with E-state index in [-0.39, 0.29) is 6.71 Å². The van der Waals surface area contributed by atoms with Gasteiger partial charge in [0.1, 0.15) is 23.0 Å². The summed E-state index contributed by atoms with van der Waals surface area (Å²) in [5.74, 6) is 3.45. The number of benzene rings is 9. The van der Waals surface area contributed by atoms with Crippen LogP contribution in [0, 0.1) is 0 Å². The van der Waals surface area contributed by atoms with Crippen molar-refractivity contribution in [3.8, 4) is 28.7 Å². The topological polar surface area (TPSA) is 32.2 Å². The molecule has 0 fully saturated rings. The summed E-state index contributed by atoms with van der Waals surface area (Å²) in [5, 5.41) is 12.3. The largest absolute Gasteiger partial charge is 0.456 e. The second-order valence-corrected chi connectivity index (χ2v) is 16.7. The van der Waals surface area contributed by atoms with Crippen LogP contribution in [0.15, 0.2) is 170 Å². The van der Waals surface area contributed by atoms with Gasteiger partial charge in [-0.3, -0.25) is 0 Å². The number of hydrogen-bond donors (Lipinski definition) is 0. The van der Waals surface area contributed by atoms with Crippen molar-refractivity contribution >= 4 is 121 Å². The van der Waals surface area contributed by atoms with Crippen LogP contribution in [0.1, 0.15) is 0 Å². The molecule has 14 aromatic rings. The molecule has 60 heavy (non-hydrogen) atoms. The summed E-state index contributed by atoms with van der Waals surface area (Å²) >= 11 is 0. The van der Waals surface area contributed by atoms with Crippen LogP contribution < -0.4 is 25.9 Å². The van der Waals surface area contributed by atoms with Gasteiger partial charge in [-0.25, -0.2) is 0 Å². The second kappa shape index (κ2) is 10.2. The number of aromatic nitrogens is 3. The molecule has 0 unspecified atom stereocenters. The Morgan fingerprint density at radius 3 is 1.17 bits per heavy atom. The molecular weight excluding hydrogens is 733 g/mol. The van der Waals surface area contributed by atoms with Gasteiger partial charge in [-0.15, -0.1) is 0 Å². The monoisotopic (exact) mass is 761 g/mol. The van der Waals surface area contributed by atoms with Crippen molar-refractivity contribution in [1.82, 2.24) is 13.4 Å². The van der Waals surface area contributed by atoms with E-state index in [2.05, 4.69) is 183 Å². The van der Waals surface area contributed by atoms with Crippen LogP contribution in [-0.2, 0) is 0 Å². The normalized spacial score (nSPS) is 13.6. The molecule has 2 aliphatic rings. The van der Waals surface area contributed by atoms with Crippen LogP contribution in [0.25, 0.3) is 104 Å². The molecule has 2 aliphatic heterocycles. The van der Waals surface area contributed by atoms with Crippen LogP contribution >= 0.6 is 0 Å². The lowest BCUT2D eigenvalue weighted by Crippen LogP contribution is -2.57. The first-order valence-corrected chi connectivity index (χ1v) is 20.7. The fourth-order valence-corrected chi connectivity index (χ4v) is 11.7. The second-order valence-electron chi connectivity index (χ2n) is 16.7. The van der Waals surface area contributed by atoms with Gasteiger partial charge >= 0.3 is 0 Å². The fraction of sp³-hybridized carbons (Fsp3) is 0. The van der Waals surface area contributed by atoms with Crippen molar-refractivity contribution in [2.24, 2.45) is 0 Å². The molecule has 16 rings (SSSR count). The summed E-state index contributed by atoms with van der Waals surface area (Å²) in [6.07, 6.45) is 0. The summed E-state index contributed by atoms with van der Waals surface area (Å²) in [4.78, 5) is 0. The Hall–Kier alpha value is -7.96. The van der Waals surface area contributed by atoms with Crippen LogP contribution in [0.3, 0.4) is 0 Å². The lowest BCUT2D eigenvalue weighted by Gasteiger charge is -2.34. The van der Waals surface area contributed by atoms with Gasteiger partial charge in [-0.2, -0.15) is 0 Å². The van der Waals surface area contributed by atoms with E-state index in [1.54, 1.807) is 0 Å². The number of rotatable bonds is 1. The Morgan fingerprint density at radius 2 is 0.700 bits per heavy atom. The molecule has 7 heterocycles. The van der Waals surface area contributed by atoms with Gasteiger partial charge < -0.3 is 22.8 Å². The molecule has 0 bridgehead atoms. The fourth-order valence-electron chi connectivity index (χ4n) is 11.7. The summed E-state index contributed by atoms with van der Waals surface area (Å²) in [6, 6.07) is 62.1. The standard InChI is InChI=1S/C54H28BN3O2/c1-5-19-42-30(11-1)31-12-2-6-20-43(31)56(42)29-27-46-48-47(28-29)60-54-41(26-24-39-37-18-10-16-35-33-14-4-8-22-45(33)58(50(35)37)52(39)54)55(48)40-25-23-38-36-17-9-15-34-32-13-3-7-21-44(32)57(49(34)36)51(38)53(40)59-46/h1-28H. The van der Waals surface area contributed by atoms with Crippen molar-refractivity contribution in [1.29, 1.82) is 0 Å². The van der Waals surface area contributed by atoms with Crippen LogP contribution in [0.2, 0.25) is 0 Å². The van der Waals surface area contributed by atoms with Crippen molar-refractivity contribution in [3.05, 3.63) is 170 Å².